The molecule has 0 heterocycles. The molecular formula is C12H22N2. The van der Waals surface area contributed by atoms with Crippen molar-refractivity contribution in [3.63, 3.8) is 0 Å². The first-order valence-electron chi connectivity index (χ1n) is 5.50. The predicted molar refractivity (Wildman–Crippen MR) is 61.5 cm³/mol. The molecule has 0 aromatic heterocycles. The standard InChI is InChI=1S/C12H22N2/c1-8(2)11-6-10(7-13)12(14-4)5-9(11)3/h5,7-11,13-14H,6H2,1-4H3. The Morgan fingerprint density at radius 1 is 1.57 bits per heavy atom. The maximum atomic E-state index is 7.42. The van der Waals surface area contributed by atoms with Gasteiger partial charge in [0.25, 0.3) is 0 Å². The fourth-order valence-corrected chi connectivity index (χ4v) is 2.47. The van der Waals surface area contributed by atoms with Gasteiger partial charge in [0.2, 0.25) is 0 Å². The number of nitrogens with one attached hydrogen (secondary N) is 2. The summed E-state index contributed by atoms with van der Waals surface area (Å²) < 4.78 is 0. The smallest absolute Gasteiger partial charge is 0.0333 e. The molecule has 0 fully saturated rings. The lowest BCUT2D eigenvalue weighted by Crippen LogP contribution is -2.30. The average Bonchev–Trinajstić information content (AvgIpc) is 2.16. The summed E-state index contributed by atoms with van der Waals surface area (Å²) >= 11 is 0. The van der Waals surface area contributed by atoms with Gasteiger partial charge < -0.3 is 10.7 Å². The highest BCUT2D eigenvalue weighted by Gasteiger charge is 2.29. The van der Waals surface area contributed by atoms with E-state index in [1.165, 1.54) is 5.70 Å². The summed E-state index contributed by atoms with van der Waals surface area (Å²) in [6.07, 6.45) is 4.99. The molecule has 0 radical (unpaired) electrons. The van der Waals surface area contributed by atoms with Gasteiger partial charge in [0.15, 0.2) is 0 Å². The number of rotatable bonds is 3. The van der Waals surface area contributed by atoms with Crippen LogP contribution in [0, 0.1) is 29.1 Å². The molecule has 1 aliphatic carbocycles. The molecule has 2 heteroatoms. The minimum atomic E-state index is 0.309. The summed E-state index contributed by atoms with van der Waals surface area (Å²) in [5.74, 6) is 2.37. The highest BCUT2D eigenvalue weighted by Crippen LogP contribution is 2.35. The summed E-state index contributed by atoms with van der Waals surface area (Å²) in [4.78, 5) is 0. The van der Waals surface area contributed by atoms with E-state index >= 15 is 0 Å². The molecule has 1 rings (SSSR count). The summed E-state index contributed by atoms with van der Waals surface area (Å²) in [6, 6.07) is 0. The summed E-state index contributed by atoms with van der Waals surface area (Å²) in [7, 11) is 1.95. The van der Waals surface area contributed by atoms with Crippen molar-refractivity contribution in [3.05, 3.63) is 11.8 Å². The van der Waals surface area contributed by atoms with Gasteiger partial charge >= 0.3 is 0 Å². The van der Waals surface area contributed by atoms with Crippen LogP contribution in [0.15, 0.2) is 11.8 Å². The quantitative estimate of drug-likeness (QED) is 0.666. The maximum Gasteiger partial charge on any atom is 0.0333 e. The van der Waals surface area contributed by atoms with Crippen molar-refractivity contribution in [2.24, 2.45) is 23.7 Å². The molecule has 0 amide bonds. The van der Waals surface area contributed by atoms with E-state index in [2.05, 4.69) is 32.2 Å². The van der Waals surface area contributed by atoms with Gasteiger partial charge in [-0.05, 0) is 24.2 Å². The van der Waals surface area contributed by atoms with Crippen LogP contribution in [-0.4, -0.2) is 13.3 Å². The Balaban J connectivity index is 2.83. The molecule has 0 spiro atoms. The van der Waals surface area contributed by atoms with Crippen LogP contribution in [0.4, 0.5) is 0 Å². The van der Waals surface area contributed by atoms with E-state index in [-0.39, 0.29) is 0 Å². The zero-order valence-corrected chi connectivity index (χ0v) is 9.67. The van der Waals surface area contributed by atoms with E-state index in [0.29, 0.717) is 17.8 Å². The van der Waals surface area contributed by atoms with Crippen LogP contribution in [-0.2, 0) is 0 Å². The molecular weight excluding hydrogens is 172 g/mol. The van der Waals surface area contributed by atoms with E-state index in [1.54, 1.807) is 6.21 Å². The highest BCUT2D eigenvalue weighted by molar-refractivity contribution is 5.62. The molecule has 3 unspecified atom stereocenters. The average molecular weight is 194 g/mol. The molecule has 0 aromatic carbocycles. The zero-order chi connectivity index (χ0) is 10.7. The molecule has 0 saturated carbocycles. The van der Waals surface area contributed by atoms with Crippen LogP contribution < -0.4 is 5.32 Å². The van der Waals surface area contributed by atoms with Crippen LogP contribution in [0.2, 0.25) is 0 Å². The Morgan fingerprint density at radius 3 is 2.64 bits per heavy atom. The topological polar surface area (TPSA) is 35.9 Å². The lowest BCUT2D eigenvalue weighted by atomic mass is 9.73. The molecule has 14 heavy (non-hydrogen) atoms. The maximum absolute atomic E-state index is 7.42. The van der Waals surface area contributed by atoms with E-state index in [0.717, 1.165) is 12.3 Å². The van der Waals surface area contributed by atoms with Crippen LogP contribution in [0.3, 0.4) is 0 Å². The normalized spacial score (nSPS) is 32.6. The van der Waals surface area contributed by atoms with Crippen molar-refractivity contribution < 1.29 is 0 Å². The molecule has 0 aromatic rings. The second kappa shape index (κ2) is 4.63. The summed E-state index contributed by atoms with van der Waals surface area (Å²) in [6.45, 7) is 6.84. The minimum Gasteiger partial charge on any atom is -0.391 e. The van der Waals surface area contributed by atoms with Crippen LogP contribution in [0.5, 0.6) is 0 Å². The molecule has 0 bridgehead atoms. The first kappa shape index (κ1) is 11.3. The van der Waals surface area contributed by atoms with Crippen molar-refractivity contribution >= 4 is 6.21 Å². The second-order valence-corrected chi connectivity index (χ2v) is 4.65. The summed E-state index contributed by atoms with van der Waals surface area (Å²) in [5.41, 5.74) is 1.23. The van der Waals surface area contributed by atoms with Crippen molar-refractivity contribution in [2.45, 2.75) is 27.2 Å². The largest absolute Gasteiger partial charge is 0.391 e. The fraction of sp³-hybridized carbons (Fsp3) is 0.750. The van der Waals surface area contributed by atoms with Crippen LogP contribution >= 0.6 is 0 Å². The van der Waals surface area contributed by atoms with Crippen molar-refractivity contribution in [1.82, 2.24) is 5.32 Å². The lowest BCUT2D eigenvalue weighted by molar-refractivity contribution is 0.259. The molecule has 0 aliphatic heterocycles. The van der Waals surface area contributed by atoms with Gasteiger partial charge in [0, 0.05) is 24.9 Å². The van der Waals surface area contributed by atoms with E-state index < -0.39 is 0 Å². The molecule has 80 valence electrons. The third-order valence-corrected chi connectivity index (χ3v) is 3.39. The first-order valence-corrected chi connectivity index (χ1v) is 5.50. The fourth-order valence-electron chi connectivity index (χ4n) is 2.47. The minimum absolute atomic E-state index is 0.309. The molecule has 2 N–H and O–H groups in total. The van der Waals surface area contributed by atoms with Crippen molar-refractivity contribution in [3.8, 4) is 0 Å². The van der Waals surface area contributed by atoms with Gasteiger partial charge in [-0.15, -0.1) is 0 Å². The Labute approximate surface area is 87.3 Å². The molecule has 0 saturated heterocycles. The van der Waals surface area contributed by atoms with Gasteiger partial charge in [0.05, 0.1) is 0 Å². The van der Waals surface area contributed by atoms with Crippen molar-refractivity contribution in [1.29, 1.82) is 5.41 Å². The zero-order valence-electron chi connectivity index (χ0n) is 9.67. The van der Waals surface area contributed by atoms with Gasteiger partial charge in [-0.1, -0.05) is 26.8 Å². The molecule has 3 atom stereocenters. The Bertz CT molecular complexity index is 230. The molecule has 2 nitrogen and oxygen atoms in total. The third-order valence-electron chi connectivity index (χ3n) is 3.39. The monoisotopic (exact) mass is 194 g/mol. The number of hydrogen-bond acceptors (Lipinski definition) is 2. The second-order valence-electron chi connectivity index (χ2n) is 4.65. The highest BCUT2D eigenvalue weighted by atomic mass is 14.8. The first-order chi connectivity index (χ1) is 6.60. The van der Waals surface area contributed by atoms with E-state index in [9.17, 15) is 0 Å². The SMILES string of the molecule is CNC1=CC(C)C(C(C)C)CC1C=N. The number of allylic oxidation sites excluding steroid dienone is 2. The van der Waals surface area contributed by atoms with Gasteiger partial charge in [0.1, 0.15) is 0 Å². The Kier molecular flexibility index (Phi) is 3.73. The Hall–Kier alpha value is -0.790. The van der Waals surface area contributed by atoms with Crippen LogP contribution in [0.25, 0.3) is 0 Å². The lowest BCUT2D eigenvalue weighted by Gasteiger charge is -2.34. The summed E-state index contributed by atoms with van der Waals surface area (Å²) in [5, 5.41) is 10.6. The van der Waals surface area contributed by atoms with Gasteiger partial charge in [-0.2, -0.15) is 0 Å². The Morgan fingerprint density at radius 2 is 2.21 bits per heavy atom. The molecule has 1 aliphatic rings. The predicted octanol–water partition coefficient (Wildman–Crippen LogP) is 2.67. The van der Waals surface area contributed by atoms with Crippen molar-refractivity contribution in [2.75, 3.05) is 7.05 Å². The van der Waals surface area contributed by atoms with Gasteiger partial charge in [-0.3, -0.25) is 0 Å². The van der Waals surface area contributed by atoms with E-state index in [1.807, 2.05) is 7.05 Å². The van der Waals surface area contributed by atoms with E-state index in [4.69, 9.17) is 5.41 Å². The number of hydrogen-bond donors (Lipinski definition) is 2. The van der Waals surface area contributed by atoms with Gasteiger partial charge in [-0.25, -0.2) is 0 Å². The third kappa shape index (κ3) is 2.17. The van der Waals surface area contributed by atoms with Crippen LogP contribution in [0.1, 0.15) is 27.2 Å².